The first-order valence-corrected chi connectivity index (χ1v) is 10.4. The Labute approximate surface area is 196 Å². The lowest BCUT2D eigenvalue weighted by molar-refractivity contribution is -0.0263. The van der Waals surface area contributed by atoms with Crippen LogP contribution in [-0.2, 0) is 5.60 Å². The zero-order valence-corrected chi connectivity index (χ0v) is 19.8. The molecule has 0 spiro atoms. The van der Waals surface area contributed by atoms with E-state index in [0.717, 1.165) is 51.0 Å². The Kier molecular flexibility index (Phi) is 11.3. The molecule has 0 aromatic heterocycles. The fraction of sp³-hybridized carbons (Fsp3) is 0.455. The predicted octanol–water partition coefficient (Wildman–Crippen LogP) is 5.51. The standard InChI is InChI=1S/C22H28Cl2N2O.2ClH/c1-25-16-18(17-7-8-20(23)21(24)15-17)9-12-26-13-10-22(27,11-14-26)19-5-3-2-4-6-19;;/h2-8,15,18,25,27H,9-14,16H2,1H3;2*1H. The van der Waals surface area contributed by atoms with Crippen molar-refractivity contribution in [3.63, 3.8) is 0 Å². The van der Waals surface area contributed by atoms with E-state index in [0.29, 0.717) is 16.0 Å². The maximum Gasteiger partial charge on any atom is 0.0920 e. The van der Waals surface area contributed by atoms with Gasteiger partial charge in [0.25, 0.3) is 0 Å². The molecule has 7 heteroatoms. The molecule has 1 atom stereocenters. The molecule has 162 valence electrons. The van der Waals surface area contributed by atoms with Crippen LogP contribution in [0.25, 0.3) is 0 Å². The van der Waals surface area contributed by atoms with E-state index in [1.807, 2.05) is 49.5 Å². The Morgan fingerprint density at radius 1 is 1.03 bits per heavy atom. The normalized spacial score (nSPS) is 17.1. The van der Waals surface area contributed by atoms with Gasteiger partial charge in [0, 0.05) is 19.6 Å². The van der Waals surface area contributed by atoms with E-state index in [9.17, 15) is 5.11 Å². The van der Waals surface area contributed by atoms with Crippen molar-refractivity contribution in [3.8, 4) is 0 Å². The lowest BCUT2D eigenvalue weighted by Crippen LogP contribution is -2.43. The highest BCUT2D eigenvalue weighted by Crippen LogP contribution is 2.33. The Bertz CT molecular complexity index is 737. The van der Waals surface area contributed by atoms with Gasteiger partial charge in [-0.3, -0.25) is 0 Å². The summed E-state index contributed by atoms with van der Waals surface area (Å²) >= 11 is 12.3. The number of hydrogen-bond acceptors (Lipinski definition) is 3. The van der Waals surface area contributed by atoms with Crippen molar-refractivity contribution in [2.24, 2.45) is 0 Å². The van der Waals surface area contributed by atoms with Crippen molar-refractivity contribution in [1.82, 2.24) is 10.2 Å². The van der Waals surface area contributed by atoms with Crippen molar-refractivity contribution >= 4 is 48.0 Å². The first-order valence-electron chi connectivity index (χ1n) is 9.61. The third-order valence-corrected chi connectivity index (χ3v) is 6.39. The van der Waals surface area contributed by atoms with E-state index < -0.39 is 5.60 Å². The topological polar surface area (TPSA) is 35.5 Å². The van der Waals surface area contributed by atoms with Gasteiger partial charge >= 0.3 is 0 Å². The second-order valence-electron chi connectivity index (χ2n) is 7.46. The Morgan fingerprint density at radius 2 is 1.69 bits per heavy atom. The molecule has 2 aromatic rings. The van der Waals surface area contributed by atoms with Crippen LogP contribution in [-0.4, -0.2) is 43.2 Å². The molecule has 2 N–H and O–H groups in total. The summed E-state index contributed by atoms with van der Waals surface area (Å²) in [5.41, 5.74) is 1.57. The van der Waals surface area contributed by atoms with Gasteiger partial charge < -0.3 is 15.3 Å². The average Bonchev–Trinajstić information content (AvgIpc) is 2.69. The average molecular weight is 480 g/mol. The smallest absolute Gasteiger partial charge is 0.0920 e. The van der Waals surface area contributed by atoms with Crippen LogP contribution in [0.15, 0.2) is 48.5 Å². The molecule has 1 heterocycles. The summed E-state index contributed by atoms with van der Waals surface area (Å²) in [6.45, 7) is 3.75. The minimum absolute atomic E-state index is 0. The lowest BCUT2D eigenvalue weighted by Gasteiger charge is -2.39. The van der Waals surface area contributed by atoms with E-state index in [1.54, 1.807) is 0 Å². The molecule has 0 saturated carbocycles. The number of likely N-dealkylation sites (N-methyl/N-ethyl adjacent to an activating group) is 1. The maximum atomic E-state index is 11.0. The third kappa shape index (κ3) is 7.00. The summed E-state index contributed by atoms with van der Waals surface area (Å²) in [5.74, 6) is 0.389. The summed E-state index contributed by atoms with van der Waals surface area (Å²) in [6, 6.07) is 16.0. The Morgan fingerprint density at radius 3 is 2.28 bits per heavy atom. The molecule has 29 heavy (non-hydrogen) atoms. The number of likely N-dealkylation sites (tertiary alicyclic amines) is 1. The van der Waals surface area contributed by atoms with Crippen molar-refractivity contribution in [3.05, 3.63) is 69.7 Å². The third-order valence-electron chi connectivity index (χ3n) is 5.65. The molecule has 0 amide bonds. The van der Waals surface area contributed by atoms with Crippen LogP contribution in [0.5, 0.6) is 0 Å². The van der Waals surface area contributed by atoms with Gasteiger partial charge in [-0.1, -0.05) is 59.6 Å². The predicted molar refractivity (Wildman–Crippen MR) is 128 cm³/mol. The number of benzene rings is 2. The summed E-state index contributed by atoms with van der Waals surface area (Å²) in [6.07, 6.45) is 2.60. The maximum absolute atomic E-state index is 11.0. The Balaban J connectivity index is 0.00000210. The van der Waals surface area contributed by atoms with Gasteiger partial charge in [0.1, 0.15) is 0 Å². The number of aliphatic hydroxyl groups is 1. The number of nitrogens with zero attached hydrogens (tertiary/aromatic N) is 1. The molecule has 1 unspecified atom stereocenters. The molecule has 1 saturated heterocycles. The SMILES string of the molecule is CNCC(CCN1CCC(O)(c2ccccc2)CC1)c1ccc(Cl)c(Cl)c1.Cl.Cl. The van der Waals surface area contributed by atoms with Gasteiger partial charge in [-0.05, 0) is 62.0 Å². The van der Waals surface area contributed by atoms with Gasteiger partial charge in [-0.25, -0.2) is 0 Å². The second-order valence-corrected chi connectivity index (χ2v) is 8.27. The molecule has 1 aliphatic heterocycles. The molecule has 1 aliphatic rings. The van der Waals surface area contributed by atoms with Crippen molar-refractivity contribution in [2.45, 2.75) is 30.8 Å². The van der Waals surface area contributed by atoms with Gasteiger partial charge in [-0.2, -0.15) is 0 Å². The fourth-order valence-corrected chi connectivity index (χ4v) is 4.23. The number of halogens is 4. The molecule has 0 aliphatic carbocycles. The highest BCUT2D eigenvalue weighted by atomic mass is 35.5. The van der Waals surface area contributed by atoms with E-state index in [-0.39, 0.29) is 24.8 Å². The molecular formula is C22H30Cl4N2O. The zero-order valence-electron chi connectivity index (χ0n) is 16.6. The van der Waals surface area contributed by atoms with Crippen molar-refractivity contribution < 1.29 is 5.11 Å². The second kappa shape index (κ2) is 12.4. The molecule has 0 radical (unpaired) electrons. The van der Waals surface area contributed by atoms with Crippen LogP contribution < -0.4 is 5.32 Å². The molecule has 2 aromatic carbocycles. The number of hydrogen-bond donors (Lipinski definition) is 2. The molecule has 1 fully saturated rings. The van der Waals surface area contributed by atoms with E-state index in [2.05, 4.69) is 16.3 Å². The quantitative estimate of drug-likeness (QED) is 0.549. The minimum atomic E-state index is -0.689. The number of nitrogens with one attached hydrogen (secondary N) is 1. The van der Waals surface area contributed by atoms with E-state index in [4.69, 9.17) is 23.2 Å². The monoisotopic (exact) mass is 478 g/mol. The summed E-state index contributed by atoms with van der Waals surface area (Å²) in [4.78, 5) is 2.46. The highest BCUT2D eigenvalue weighted by molar-refractivity contribution is 6.42. The summed E-state index contributed by atoms with van der Waals surface area (Å²) in [7, 11) is 1.98. The van der Waals surface area contributed by atoms with Gasteiger partial charge in [0.05, 0.1) is 15.6 Å². The van der Waals surface area contributed by atoms with Crippen molar-refractivity contribution in [1.29, 1.82) is 0 Å². The molecule has 3 rings (SSSR count). The summed E-state index contributed by atoms with van der Waals surface area (Å²) in [5, 5.41) is 15.5. The number of rotatable bonds is 7. The largest absolute Gasteiger partial charge is 0.385 e. The molecule has 3 nitrogen and oxygen atoms in total. The van der Waals surface area contributed by atoms with Crippen molar-refractivity contribution in [2.75, 3.05) is 33.2 Å². The van der Waals surface area contributed by atoms with Gasteiger partial charge in [0.15, 0.2) is 0 Å². The molecule has 0 bridgehead atoms. The fourth-order valence-electron chi connectivity index (χ4n) is 3.92. The minimum Gasteiger partial charge on any atom is -0.385 e. The van der Waals surface area contributed by atoms with E-state index >= 15 is 0 Å². The lowest BCUT2D eigenvalue weighted by atomic mass is 9.84. The van der Waals surface area contributed by atoms with E-state index in [1.165, 1.54) is 5.56 Å². The summed E-state index contributed by atoms with van der Waals surface area (Å²) < 4.78 is 0. The Hall–Kier alpha value is -0.520. The van der Waals surface area contributed by atoms with Gasteiger partial charge in [0.2, 0.25) is 0 Å². The zero-order chi connectivity index (χ0) is 19.3. The van der Waals surface area contributed by atoms with Crippen LogP contribution >= 0.6 is 48.0 Å². The first-order chi connectivity index (χ1) is 13.0. The van der Waals surface area contributed by atoms with Crippen LogP contribution in [0.4, 0.5) is 0 Å². The first kappa shape index (κ1) is 26.5. The molecular weight excluding hydrogens is 450 g/mol. The van der Waals surface area contributed by atoms with Crippen LogP contribution in [0.2, 0.25) is 10.0 Å². The number of piperidine rings is 1. The van der Waals surface area contributed by atoms with Gasteiger partial charge in [-0.15, -0.1) is 24.8 Å². The van der Waals surface area contributed by atoms with Crippen LogP contribution in [0, 0.1) is 0 Å². The van der Waals surface area contributed by atoms with Crippen LogP contribution in [0.1, 0.15) is 36.3 Å². The van der Waals surface area contributed by atoms with Crippen LogP contribution in [0.3, 0.4) is 0 Å². The highest BCUT2D eigenvalue weighted by Gasteiger charge is 2.33.